The van der Waals surface area contributed by atoms with E-state index in [0.717, 1.165) is 60.6 Å². The monoisotopic (exact) mass is 504 g/mol. The maximum atomic E-state index is 13.7. The predicted molar refractivity (Wildman–Crippen MR) is 146 cm³/mol. The van der Waals surface area contributed by atoms with Crippen molar-refractivity contribution >= 4 is 33.6 Å². The van der Waals surface area contributed by atoms with Gasteiger partial charge in [0.25, 0.3) is 0 Å². The summed E-state index contributed by atoms with van der Waals surface area (Å²) in [6.45, 7) is 5.83. The number of fused-ring (bicyclic) bond motifs is 2. The lowest BCUT2D eigenvalue weighted by Gasteiger charge is -2.11. The number of ketones is 1. The average Bonchev–Trinajstić information content (AvgIpc) is 3.46. The molecule has 4 aromatic rings. The molecule has 1 atom stereocenters. The molecule has 196 valence electrons. The van der Waals surface area contributed by atoms with E-state index < -0.39 is 11.9 Å². The Morgan fingerprint density at radius 3 is 1.92 bits per heavy atom. The number of aryl methyl sites for hydroxylation is 2. The van der Waals surface area contributed by atoms with Crippen molar-refractivity contribution in [2.45, 2.75) is 65.0 Å². The summed E-state index contributed by atoms with van der Waals surface area (Å²) in [5.41, 5.74) is 3.07. The molecule has 0 saturated heterocycles. The van der Waals surface area contributed by atoms with Gasteiger partial charge < -0.3 is 23.7 Å². The van der Waals surface area contributed by atoms with E-state index >= 15 is 0 Å². The first kappa shape index (κ1) is 26.3. The zero-order valence-corrected chi connectivity index (χ0v) is 22.1. The molecule has 1 unspecified atom stereocenters. The van der Waals surface area contributed by atoms with Gasteiger partial charge in [0.2, 0.25) is 0 Å². The van der Waals surface area contributed by atoms with Gasteiger partial charge in [0.15, 0.2) is 5.78 Å². The fraction of sp³-hybridized carbons (Fsp3) is 0.400. The number of aromatic nitrogens is 2. The third-order valence-electron chi connectivity index (χ3n) is 7.08. The van der Waals surface area contributed by atoms with Crippen LogP contribution < -0.4 is 9.47 Å². The molecule has 0 aliphatic rings. The number of aliphatic carboxylic acids is 1. The fourth-order valence-electron chi connectivity index (χ4n) is 4.99. The van der Waals surface area contributed by atoms with E-state index in [1.165, 1.54) is 0 Å². The highest BCUT2D eigenvalue weighted by Crippen LogP contribution is 2.35. The standard InChI is InChI=1S/C30H36N2O5/c1-5-7-13-31-18-25(22-15-20(36-3)9-11-27(22)31)24(30(34)35)17-29(33)26-19-32(14-8-6-2)28-12-10-21(37-4)16-23(26)28/h9-12,15-16,18-19,24H,5-8,13-14,17H2,1-4H3,(H,34,35). The van der Waals surface area contributed by atoms with Crippen molar-refractivity contribution in [3.05, 3.63) is 59.9 Å². The zero-order chi connectivity index (χ0) is 26.5. The Morgan fingerprint density at radius 1 is 0.838 bits per heavy atom. The number of methoxy groups -OCH3 is 2. The lowest BCUT2D eigenvalue weighted by molar-refractivity contribution is -0.138. The first-order valence-corrected chi connectivity index (χ1v) is 13.0. The Balaban J connectivity index is 1.76. The maximum Gasteiger partial charge on any atom is 0.311 e. The first-order valence-electron chi connectivity index (χ1n) is 13.0. The van der Waals surface area contributed by atoms with E-state index in [1.807, 2.05) is 48.8 Å². The van der Waals surface area contributed by atoms with Crippen LogP contribution in [0.25, 0.3) is 21.8 Å². The smallest absolute Gasteiger partial charge is 0.311 e. The third-order valence-corrected chi connectivity index (χ3v) is 7.08. The number of carbonyl (C=O) groups excluding carboxylic acids is 1. The van der Waals surface area contributed by atoms with E-state index in [4.69, 9.17) is 9.47 Å². The summed E-state index contributed by atoms with van der Waals surface area (Å²) in [6.07, 6.45) is 7.66. The van der Waals surface area contributed by atoms with Crippen LogP contribution in [0.1, 0.15) is 67.8 Å². The minimum absolute atomic E-state index is 0.135. The highest BCUT2D eigenvalue weighted by Gasteiger charge is 2.29. The molecule has 2 aromatic heterocycles. The molecule has 37 heavy (non-hydrogen) atoms. The number of carbonyl (C=O) groups is 2. The Labute approximate surface area is 217 Å². The minimum Gasteiger partial charge on any atom is -0.497 e. The summed E-state index contributed by atoms with van der Waals surface area (Å²) >= 11 is 0. The van der Waals surface area contributed by atoms with Crippen molar-refractivity contribution in [2.75, 3.05) is 14.2 Å². The van der Waals surface area contributed by atoms with Crippen LogP contribution in [0.2, 0.25) is 0 Å². The van der Waals surface area contributed by atoms with Gasteiger partial charge in [-0.05, 0) is 54.8 Å². The van der Waals surface area contributed by atoms with Crippen molar-refractivity contribution in [2.24, 2.45) is 0 Å². The number of ether oxygens (including phenoxy) is 2. The Kier molecular flexibility index (Phi) is 8.21. The van der Waals surface area contributed by atoms with Gasteiger partial charge in [-0.25, -0.2) is 0 Å². The summed E-state index contributed by atoms with van der Waals surface area (Å²) in [5.74, 6) is -0.875. The van der Waals surface area contributed by atoms with Gasteiger partial charge in [-0.1, -0.05) is 26.7 Å². The summed E-state index contributed by atoms with van der Waals surface area (Å²) in [4.78, 5) is 26.3. The van der Waals surface area contributed by atoms with Crippen molar-refractivity contribution in [3.8, 4) is 11.5 Å². The van der Waals surface area contributed by atoms with E-state index in [9.17, 15) is 14.7 Å². The van der Waals surface area contributed by atoms with Crippen LogP contribution in [0.4, 0.5) is 0 Å². The summed E-state index contributed by atoms with van der Waals surface area (Å²) < 4.78 is 15.0. The van der Waals surface area contributed by atoms with Crippen LogP contribution in [0.15, 0.2) is 48.8 Å². The molecule has 7 nitrogen and oxygen atoms in total. The van der Waals surface area contributed by atoms with Gasteiger partial charge in [0.1, 0.15) is 11.5 Å². The van der Waals surface area contributed by atoms with Crippen molar-refractivity contribution < 1.29 is 24.2 Å². The molecule has 0 aliphatic carbocycles. The summed E-state index contributed by atoms with van der Waals surface area (Å²) in [5, 5.41) is 11.9. The number of carboxylic acids is 1. The third kappa shape index (κ3) is 5.36. The number of rotatable bonds is 13. The largest absolute Gasteiger partial charge is 0.497 e. The molecule has 0 amide bonds. The first-order chi connectivity index (χ1) is 17.9. The number of nitrogens with zero attached hydrogens (tertiary/aromatic N) is 2. The predicted octanol–water partition coefficient (Wildman–Crippen LogP) is 6.65. The number of unbranched alkanes of at least 4 members (excludes halogenated alkanes) is 2. The average molecular weight is 505 g/mol. The molecule has 1 N–H and O–H groups in total. The van der Waals surface area contributed by atoms with Crippen LogP contribution in [-0.2, 0) is 17.9 Å². The van der Waals surface area contributed by atoms with Gasteiger partial charge in [0, 0.05) is 59.3 Å². The van der Waals surface area contributed by atoms with Crippen LogP contribution in [-0.4, -0.2) is 40.2 Å². The molecule has 0 bridgehead atoms. The van der Waals surface area contributed by atoms with Crippen molar-refractivity contribution in [1.82, 2.24) is 9.13 Å². The van der Waals surface area contributed by atoms with Crippen molar-refractivity contribution in [3.63, 3.8) is 0 Å². The highest BCUT2D eigenvalue weighted by molar-refractivity contribution is 6.10. The molecule has 7 heteroatoms. The second-order valence-corrected chi connectivity index (χ2v) is 9.51. The lowest BCUT2D eigenvalue weighted by atomic mass is 9.91. The molecule has 0 spiro atoms. The summed E-state index contributed by atoms with van der Waals surface area (Å²) in [6, 6.07) is 11.4. The Hall–Kier alpha value is -3.74. The van der Waals surface area contributed by atoms with E-state index in [2.05, 4.69) is 23.0 Å². The van der Waals surface area contributed by atoms with Gasteiger partial charge in [-0.15, -0.1) is 0 Å². The molecule has 0 saturated carbocycles. The van der Waals surface area contributed by atoms with Crippen LogP contribution in [0.3, 0.4) is 0 Å². The molecule has 4 rings (SSSR count). The number of benzene rings is 2. The second kappa shape index (κ2) is 11.5. The lowest BCUT2D eigenvalue weighted by Crippen LogP contribution is -2.16. The Bertz CT molecular complexity index is 1410. The minimum atomic E-state index is -1.02. The van der Waals surface area contributed by atoms with Gasteiger partial charge >= 0.3 is 5.97 Å². The zero-order valence-electron chi connectivity index (χ0n) is 22.1. The second-order valence-electron chi connectivity index (χ2n) is 9.51. The van der Waals surface area contributed by atoms with Gasteiger partial charge in [0.05, 0.1) is 20.1 Å². The quantitative estimate of drug-likeness (QED) is 0.206. The molecule has 0 radical (unpaired) electrons. The van der Waals surface area contributed by atoms with E-state index in [1.54, 1.807) is 14.2 Å². The molecule has 2 aromatic carbocycles. The van der Waals surface area contributed by atoms with Gasteiger partial charge in [-0.2, -0.15) is 0 Å². The van der Waals surface area contributed by atoms with Crippen LogP contribution in [0.5, 0.6) is 11.5 Å². The molecule has 0 aliphatic heterocycles. The number of hydrogen-bond donors (Lipinski definition) is 1. The molecule has 0 fully saturated rings. The normalized spacial score (nSPS) is 12.2. The molecule has 2 heterocycles. The molecular formula is C30H36N2O5. The van der Waals surface area contributed by atoms with Crippen LogP contribution in [0, 0.1) is 0 Å². The molecular weight excluding hydrogens is 468 g/mol. The number of Topliss-reactive ketones (excluding diaryl/α,β-unsaturated/α-hetero) is 1. The SMILES string of the molecule is CCCCn1cc(C(=O)CC(C(=O)O)c2cn(CCCC)c3ccc(OC)cc23)c2cc(OC)ccc21. The fourth-order valence-corrected chi connectivity index (χ4v) is 4.99. The van der Waals surface area contributed by atoms with Crippen LogP contribution >= 0.6 is 0 Å². The van der Waals surface area contributed by atoms with Gasteiger partial charge in [-0.3, -0.25) is 9.59 Å². The maximum absolute atomic E-state index is 13.7. The topological polar surface area (TPSA) is 82.7 Å². The summed E-state index contributed by atoms with van der Waals surface area (Å²) in [7, 11) is 3.19. The number of carboxylic acid groups (broad SMARTS) is 1. The highest BCUT2D eigenvalue weighted by atomic mass is 16.5. The van der Waals surface area contributed by atoms with E-state index in [-0.39, 0.29) is 12.2 Å². The van der Waals surface area contributed by atoms with Crippen molar-refractivity contribution in [1.29, 1.82) is 0 Å². The van der Waals surface area contributed by atoms with E-state index in [0.29, 0.717) is 22.6 Å². The Morgan fingerprint density at radius 2 is 1.38 bits per heavy atom. The number of hydrogen-bond acceptors (Lipinski definition) is 4.